The molecule has 1 aliphatic rings. The summed E-state index contributed by atoms with van der Waals surface area (Å²) in [5.41, 5.74) is 2.58. The molecule has 0 atom stereocenters. The molecule has 0 saturated carbocycles. The van der Waals surface area contributed by atoms with Crippen LogP contribution in [-0.4, -0.2) is 50.7 Å². The first-order chi connectivity index (χ1) is 11.0. The predicted molar refractivity (Wildman–Crippen MR) is 95.7 cm³/mol. The number of esters is 1. The monoisotopic (exact) mass is 338 g/mol. The van der Waals surface area contributed by atoms with Gasteiger partial charge < -0.3 is 14.5 Å². The fourth-order valence-corrected chi connectivity index (χ4v) is 3.54. The lowest BCUT2D eigenvalue weighted by atomic mass is 9.99. The lowest BCUT2D eigenvalue weighted by Crippen LogP contribution is -2.44. The lowest BCUT2D eigenvalue weighted by Gasteiger charge is -2.39. The van der Waals surface area contributed by atoms with E-state index < -0.39 is 0 Å². The summed E-state index contributed by atoms with van der Waals surface area (Å²) in [6.45, 7) is 7.34. The maximum atomic E-state index is 12.0. The van der Waals surface area contributed by atoms with Crippen molar-refractivity contribution < 1.29 is 9.53 Å². The van der Waals surface area contributed by atoms with Crippen molar-refractivity contribution in [2.45, 2.75) is 39.2 Å². The summed E-state index contributed by atoms with van der Waals surface area (Å²) < 4.78 is 4.90. The average molecular weight is 339 g/mol. The van der Waals surface area contributed by atoms with E-state index >= 15 is 0 Å². The number of methoxy groups -OCH3 is 1. The molecule has 1 aromatic rings. The van der Waals surface area contributed by atoms with Crippen molar-refractivity contribution in [3.05, 3.63) is 28.3 Å². The smallest absolute Gasteiger partial charge is 0.338 e. The topological polar surface area (TPSA) is 32.8 Å². The summed E-state index contributed by atoms with van der Waals surface area (Å²) in [6, 6.07) is 4.18. The Hall–Kier alpha value is -1.26. The summed E-state index contributed by atoms with van der Waals surface area (Å²) in [6.07, 6.45) is 3.33. The van der Waals surface area contributed by atoms with E-state index in [9.17, 15) is 4.79 Å². The van der Waals surface area contributed by atoms with Gasteiger partial charge in [0.05, 0.1) is 12.7 Å². The standard InChI is InChI=1S/C18H27ClN2O2/c1-5-8-21(15-6-9-20(3)10-7-15)17-12-14(19)11-16(13(17)2)18(22)23-4/h11-12,15H,5-10H2,1-4H3. The molecule has 0 spiro atoms. The van der Waals surface area contributed by atoms with Crippen LogP contribution in [0, 0.1) is 6.92 Å². The van der Waals surface area contributed by atoms with E-state index in [1.807, 2.05) is 13.0 Å². The molecule has 1 fully saturated rings. The first-order valence-electron chi connectivity index (χ1n) is 8.31. The van der Waals surface area contributed by atoms with Crippen LogP contribution in [0.2, 0.25) is 5.02 Å². The van der Waals surface area contributed by atoms with Crippen molar-refractivity contribution in [3.63, 3.8) is 0 Å². The highest BCUT2D eigenvalue weighted by molar-refractivity contribution is 6.31. The molecule has 4 nitrogen and oxygen atoms in total. The fourth-order valence-electron chi connectivity index (χ4n) is 3.33. The summed E-state index contributed by atoms with van der Waals surface area (Å²) in [4.78, 5) is 16.8. The minimum atomic E-state index is -0.328. The minimum Gasteiger partial charge on any atom is -0.465 e. The zero-order valence-electron chi connectivity index (χ0n) is 14.6. The van der Waals surface area contributed by atoms with Crippen molar-refractivity contribution in [1.29, 1.82) is 0 Å². The van der Waals surface area contributed by atoms with Crippen LogP contribution in [-0.2, 0) is 4.74 Å². The largest absolute Gasteiger partial charge is 0.465 e. The Kier molecular flexibility index (Phi) is 6.31. The van der Waals surface area contributed by atoms with Gasteiger partial charge in [0.25, 0.3) is 0 Å². The molecular formula is C18H27ClN2O2. The van der Waals surface area contributed by atoms with E-state index in [1.54, 1.807) is 6.07 Å². The molecule has 0 radical (unpaired) electrons. The number of halogens is 1. The number of benzene rings is 1. The van der Waals surface area contributed by atoms with Gasteiger partial charge in [0, 0.05) is 23.3 Å². The van der Waals surface area contributed by atoms with Gasteiger partial charge in [-0.2, -0.15) is 0 Å². The Balaban J connectivity index is 2.38. The van der Waals surface area contributed by atoms with Crippen molar-refractivity contribution >= 4 is 23.3 Å². The second-order valence-corrected chi connectivity index (χ2v) is 6.75. The van der Waals surface area contributed by atoms with E-state index in [0.717, 1.165) is 50.1 Å². The second kappa shape index (κ2) is 8.02. The van der Waals surface area contributed by atoms with Gasteiger partial charge in [-0.3, -0.25) is 0 Å². The molecule has 0 aliphatic carbocycles. The second-order valence-electron chi connectivity index (χ2n) is 6.32. The van der Waals surface area contributed by atoms with Gasteiger partial charge in [-0.25, -0.2) is 4.79 Å². The Morgan fingerprint density at radius 3 is 2.61 bits per heavy atom. The molecule has 0 bridgehead atoms. The Bertz CT molecular complexity index is 554. The van der Waals surface area contributed by atoms with E-state index in [1.165, 1.54) is 7.11 Å². The lowest BCUT2D eigenvalue weighted by molar-refractivity contribution is 0.0600. The number of likely N-dealkylation sites (tertiary alicyclic amines) is 1. The number of nitrogens with zero attached hydrogens (tertiary/aromatic N) is 2. The summed E-state index contributed by atoms with van der Waals surface area (Å²) in [5.74, 6) is -0.328. The number of hydrogen-bond donors (Lipinski definition) is 0. The SMILES string of the molecule is CCCN(c1cc(Cl)cc(C(=O)OC)c1C)C1CCN(C)CC1. The number of carbonyl (C=O) groups excluding carboxylic acids is 1. The molecule has 1 saturated heterocycles. The van der Waals surface area contributed by atoms with Crippen LogP contribution in [0.1, 0.15) is 42.1 Å². The number of piperidine rings is 1. The summed E-state index contributed by atoms with van der Waals surface area (Å²) in [7, 11) is 3.57. The highest BCUT2D eigenvalue weighted by Gasteiger charge is 2.26. The summed E-state index contributed by atoms with van der Waals surface area (Å²) in [5, 5.41) is 0.583. The third-order valence-corrected chi connectivity index (χ3v) is 4.87. The highest BCUT2D eigenvalue weighted by Crippen LogP contribution is 2.32. The van der Waals surface area contributed by atoms with Gasteiger partial charge in [0.15, 0.2) is 0 Å². The molecule has 0 N–H and O–H groups in total. The third kappa shape index (κ3) is 4.18. The van der Waals surface area contributed by atoms with Gasteiger partial charge in [-0.05, 0) is 64.0 Å². The highest BCUT2D eigenvalue weighted by atomic mass is 35.5. The predicted octanol–water partition coefficient (Wildman–Crippen LogP) is 3.75. The maximum absolute atomic E-state index is 12.0. The maximum Gasteiger partial charge on any atom is 0.338 e. The number of rotatable bonds is 5. The third-order valence-electron chi connectivity index (χ3n) is 4.65. The Morgan fingerprint density at radius 2 is 2.04 bits per heavy atom. The first kappa shape index (κ1) is 18.1. The van der Waals surface area contributed by atoms with Crippen LogP contribution in [0.5, 0.6) is 0 Å². The zero-order valence-corrected chi connectivity index (χ0v) is 15.3. The molecule has 128 valence electrons. The van der Waals surface area contributed by atoms with Gasteiger partial charge in [0.1, 0.15) is 0 Å². The van der Waals surface area contributed by atoms with E-state index in [2.05, 4.69) is 23.8 Å². The molecule has 1 heterocycles. The Morgan fingerprint density at radius 1 is 1.39 bits per heavy atom. The normalized spacial score (nSPS) is 16.4. The van der Waals surface area contributed by atoms with Crippen LogP contribution in [0.3, 0.4) is 0 Å². The fraction of sp³-hybridized carbons (Fsp3) is 0.611. The van der Waals surface area contributed by atoms with Crippen LogP contribution >= 0.6 is 11.6 Å². The van der Waals surface area contributed by atoms with Crippen molar-refractivity contribution in [2.24, 2.45) is 0 Å². The molecule has 2 rings (SSSR count). The van der Waals surface area contributed by atoms with E-state index in [4.69, 9.17) is 16.3 Å². The van der Waals surface area contributed by atoms with Gasteiger partial charge >= 0.3 is 5.97 Å². The molecule has 0 amide bonds. The van der Waals surface area contributed by atoms with Crippen molar-refractivity contribution in [2.75, 3.05) is 38.7 Å². The van der Waals surface area contributed by atoms with E-state index in [-0.39, 0.29) is 5.97 Å². The van der Waals surface area contributed by atoms with Gasteiger partial charge in [-0.1, -0.05) is 18.5 Å². The summed E-state index contributed by atoms with van der Waals surface area (Å²) >= 11 is 6.29. The van der Waals surface area contributed by atoms with Crippen LogP contribution in [0.15, 0.2) is 12.1 Å². The number of hydrogen-bond acceptors (Lipinski definition) is 4. The quantitative estimate of drug-likeness (QED) is 0.765. The zero-order chi connectivity index (χ0) is 17.0. The molecule has 0 aromatic heterocycles. The molecule has 1 aromatic carbocycles. The van der Waals surface area contributed by atoms with E-state index in [0.29, 0.717) is 16.6 Å². The van der Waals surface area contributed by atoms with Crippen molar-refractivity contribution in [1.82, 2.24) is 4.90 Å². The number of anilines is 1. The molecule has 23 heavy (non-hydrogen) atoms. The van der Waals surface area contributed by atoms with Crippen molar-refractivity contribution in [3.8, 4) is 0 Å². The van der Waals surface area contributed by atoms with Crippen LogP contribution < -0.4 is 4.90 Å². The first-order valence-corrected chi connectivity index (χ1v) is 8.69. The minimum absolute atomic E-state index is 0.328. The Labute approximate surface area is 144 Å². The van der Waals surface area contributed by atoms with Gasteiger partial charge in [-0.15, -0.1) is 0 Å². The molecular weight excluding hydrogens is 312 g/mol. The van der Waals surface area contributed by atoms with Gasteiger partial charge in [0.2, 0.25) is 0 Å². The van der Waals surface area contributed by atoms with Crippen LogP contribution in [0.25, 0.3) is 0 Å². The molecule has 5 heteroatoms. The molecule has 0 unspecified atom stereocenters. The van der Waals surface area contributed by atoms with Crippen LogP contribution in [0.4, 0.5) is 5.69 Å². The number of ether oxygens (including phenoxy) is 1. The molecule has 1 aliphatic heterocycles. The number of carbonyl (C=O) groups is 1. The average Bonchev–Trinajstić information content (AvgIpc) is 2.55.